The molecule has 0 aliphatic carbocycles. The Labute approximate surface area is 104 Å². The Morgan fingerprint density at radius 2 is 2.06 bits per heavy atom. The van der Waals surface area contributed by atoms with E-state index in [4.69, 9.17) is 5.73 Å². The van der Waals surface area contributed by atoms with Crippen molar-refractivity contribution < 1.29 is 0 Å². The van der Waals surface area contributed by atoms with E-state index in [1.807, 2.05) is 13.0 Å². The number of nitrogens with zero attached hydrogens (tertiary/aromatic N) is 2. The summed E-state index contributed by atoms with van der Waals surface area (Å²) in [6.45, 7) is 6.34. The molecule has 0 bridgehead atoms. The molecule has 1 aromatic heterocycles. The lowest BCUT2D eigenvalue weighted by atomic mass is 10.1. The first kappa shape index (κ1) is 13.7. The van der Waals surface area contributed by atoms with Gasteiger partial charge in [-0.1, -0.05) is 32.6 Å². The Hall–Kier alpha value is -1.32. The highest BCUT2D eigenvalue weighted by atomic mass is 15.1. The lowest BCUT2D eigenvalue weighted by Gasteiger charge is -2.14. The number of unbranched alkanes of at least 4 members (excludes halogenated alkanes) is 3. The molecule has 4 heteroatoms. The minimum absolute atomic E-state index is 0.339. The summed E-state index contributed by atoms with van der Waals surface area (Å²) in [7, 11) is 0. The van der Waals surface area contributed by atoms with E-state index in [-0.39, 0.29) is 0 Å². The fourth-order valence-corrected chi connectivity index (χ4v) is 1.87. The molecule has 0 radical (unpaired) electrons. The Morgan fingerprint density at radius 1 is 1.29 bits per heavy atom. The zero-order valence-corrected chi connectivity index (χ0v) is 11.2. The monoisotopic (exact) mass is 236 g/mol. The lowest BCUT2D eigenvalue weighted by Crippen LogP contribution is -2.16. The molecule has 0 saturated heterocycles. The molecule has 0 aromatic carbocycles. The van der Waals surface area contributed by atoms with Crippen molar-refractivity contribution in [2.45, 2.75) is 58.9 Å². The first-order valence-corrected chi connectivity index (χ1v) is 6.49. The highest BCUT2D eigenvalue weighted by Gasteiger charge is 2.04. The van der Waals surface area contributed by atoms with Crippen LogP contribution in [0.4, 0.5) is 11.8 Å². The third-order valence-corrected chi connectivity index (χ3v) is 2.76. The van der Waals surface area contributed by atoms with Crippen LogP contribution in [0.15, 0.2) is 6.07 Å². The van der Waals surface area contributed by atoms with Crippen molar-refractivity contribution in [3.05, 3.63) is 11.8 Å². The summed E-state index contributed by atoms with van der Waals surface area (Å²) in [4.78, 5) is 8.23. The van der Waals surface area contributed by atoms with Gasteiger partial charge in [0.25, 0.3) is 0 Å². The molecule has 1 heterocycles. The summed E-state index contributed by atoms with van der Waals surface area (Å²) >= 11 is 0. The molecule has 4 nitrogen and oxygen atoms in total. The van der Waals surface area contributed by atoms with E-state index in [1.165, 1.54) is 32.1 Å². The highest BCUT2D eigenvalue weighted by molar-refractivity contribution is 5.40. The average molecular weight is 236 g/mol. The Bertz CT molecular complexity index is 318. The van der Waals surface area contributed by atoms with Crippen LogP contribution in [0.3, 0.4) is 0 Å². The smallest absolute Gasteiger partial charge is 0.222 e. The van der Waals surface area contributed by atoms with E-state index in [2.05, 4.69) is 29.1 Å². The van der Waals surface area contributed by atoms with Crippen LogP contribution in [-0.4, -0.2) is 16.0 Å². The Kier molecular flexibility index (Phi) is 5.73. The lowest BCUT2D eigenvalue weighted by molar-refractivity contribution is 0.593. The molecule has 0 fully saturated rings. The maximum atomic E-state index is 5.61. The molecule has 0 spiro atoms. The first-order chi connectivity index (χ1) is 8.11. The van der Waals surface area contributed by atoms with Gasteiger partial charge in [-0.25, -0.2) is 4.98 Å². The number of rotatable bonds is 7. The van der Waals surface area contributed by atoms with Crippen LogP contribution in [0.25, 0.3) is 0 Å². The SMILES string of the molecule is CCCCCCC(C)Nc1cc(C)nc(N)n1. The Morgan fingerprint density at radius 3 is 2.71 bits per heavy atom. The minimum atomic E-state index is 0.339. The number of nitrogen functional groups attached to an aromatic ring is 1. The second-order valence-electron chi connectivity index (χ2n) is 4.65. The van der Waals surface area contributed by atoms with Gasteiger partial charge in [0.05, 0.1) is 0 Å². The zero-order chi connectivity index (χ0) is 12.7. The summed E-state index contributed by atoms with van der Waals surface area (Å²) in [5, 5.41) is 3.37. The van der Waals surface area contributed by atoms with Crippen molar-refractivity contribution >= 4 is 11.8 Å². The van der Waals surface area contributed by atoms with Crippen molar-refractivity contribution in [3.8, 4) is 0 Å². The Balaban J connectivity index is 2.36. The number of hydrogen-bond donors (Lipinski definition) is 2. The second-order valence-corrected chi connectivity index (χ2v) is 4.65. The molecule has 0 saturated carbocycles. The van der Waals surface area contributed by atoms with Gasteiger partial charge in [0.15, 0.2) is 0 Å². The van der Waals surface area contributed by atoms with Crippen molar-refractivity contribution in [1.29, 1.82) is 0 Å². The van der Waals surface area contributed by atoms with E-state index in [9.17, 15) is 0 Å². The fraction of sp³-hybridized carbons (Fsp3) is 0.692. The standard InChI is InChI=1S/C13H24N4/c1-4-5-6-7-8-10(2)15-12-9-11(3)16-13(14)17-12/h9-10H,4-8H2,1-3H3,(H3,14,15,16,17). The maximum absolute atomic E-state index is 5.61. The van der Waals surface area contributed by atoms with Gasteiger partial charge < -0.3 is 11.1 Å². The summed E-state index contributed by atoms with van der Waals surface area (Å²) in [5.41, 5.74) is 6.51. The molecule has 1 unspecified atom stereocenters. The van der Waals surface area contributed by atoms with E-state index in [1.54, 1.807) is 0 Å². The average Bonchev–Trinajstić information content (AvgIpc) is 2.23. The van der Waals surface area contributed by atoms with Crippen LogP contribution in [-0.2, 0) is 0 Å². The van der Waals surface area contributed by atoms with Crippen LogP contribution >= 0.6 is 0 Å². The molecule has 1 rings (SSSR count). The molecule has 3 N–H and O–H groups in total. The van der Waals surface area contributed by atoms with E-state index < -0.39 is 0 Å². The van der Waals surface area contributed by atoms with Gasteiger partial charge in [-0.2, -0.15) is 4.98 Å². The van der Waals surface area contributed by atoms with Crippen molar-refractivity contribution in [2.75, 3.05) is 11.1 Å². The second kappa shape index (κ2) is 7.09. The van der Waals surface area contributed by atoms with Gasteiger partial charge in [0.2, 0.25) is 5.95 Å². The number of nitrogens with one attached hydrogen (secondary N) is 1. The van der Waals surface area contributed by atoms with Crippen molar-refractivity contribution in [3.63, 3.8) is 0 Å². The summed E-state index contributed by atoms with van der Waals surface area (Å²) in [6, 6.07) is 2.36. The highest BCUT2D eigenvalue weighted by Crippen LogP contribution is 2.12. The predicted molar refractivity (Wildman–Crippen MR) is 73.0 cm³/mol. The number of anilines is 2. The molecule has 96 valence electrons. The normalized spacial score (nSPS) is 12.4. The first-order valence-electron chi connectivity index (χ1n) is 6.49. The number of hydrogen-bond acceptors (Lipinski definition) is 4. The van der Waals surface area contributed by atoms with Crippen LogP contribution in [0, 0.1) is 6.92 Å². The van der Waals surface area contributed by atoms with Gasteiger partial charge in [-0.15, -0.1) is 0 Å². The predicted octanol–water partition coefficient (Wildman–Crippen LogP) is 3.14. The van der Waals surface area contributed by atoms with E-state index in [0.717, 1.165) is 11.5 Å². The third-order valence-electron chi connectivity index (χ3n) is 2.76. The molecular formula is C13H24N4. The number of aryl methyl sites for hydroxylation is 1. The minimum Gasteiger partial charge on any atom is -0.368 e. The molecule has 1 atom stereocenters. The topological polar surface area (TPSA) is 63.8 Å². The largest absolute Gasteiger partial charge is 0.368 e. The van der Waals surface area contributed by atoms with Gasteiger partial charge >= 0.3 is 0 Å². The van der Waals surface area contributed by atoms with Crippen molar-refractivity contribution in [1.82, 2.24) is 9.97 Å². The van der Waals surface area contributed by atoms with E-state index >= 15 is 0 Å². The van der Waals surface area contributed by atoms with E-state index in [0.29, 0.717) is 12.0 Å². The van der Waals surface area contributed by atoms with Crippen LogP contribution in [0.2, 0.25) is 0 Å². The van der Waals surface area contributed by atoms with Gasteiger partial charge in [-0.05, 0) is 20.3 Å². The van der Waals surface area contributed by atoms with Gasteiger partial charge in [-0.3, -0.25) is 0 Å². The zero-order valence-electron chi connectivity index (χ0n) is 11.2. The molecule has 0 amide bonds. The summed E-state index contributed by atoms with van der Waals surface area (Å²) in [5.74, 6) is 1.17. The number of aromatic nitrogens is 2. The molecule has 1 aromatic rings. The molecule has 0 aliphatic heterocycles. The summed E-state index contributed by atoms with van der Waals surface area (Å²) in [6.07, 6.45) is 6.35. The molecule has 0 aliphatic rings. The third kappa shape index (κ3) is 5.52. The van der Waals surface area contributed by atoms with Crippen molar-refractivity contribution in [2.24, 2.45) is 0 Å². The van der Waals surface area contributed by atoms with Crippen LogP contribution in [0.1, 0.15) is 51.6 Å². The van der Waals surface area contributed by atoms with Crippen LogP contribution < -0.4 is 11.1 Å². The molecular weight excluding hydrogens is 212 g/mol. The van der Waals surface area contributed by atoms with Crippen LogP contribution in [0.5, 0.6) is 0 Å². The quantitative estimate of drug-likeness (QED) is 0.714. The molecule has 17 heavy (non-hydrogen) atoms. The summed E-state index contributed by atoms with van der Waals surface area (Å²) < 4.78 is 0. The van der Waals surface area contributed by atoms with Gasteiger partial charge in [0.1, 0.15) is 5.82 Å². The number of nitrogens with two attached hydrogens (primary N) is 1. The maximum Gasteiger partial charge on any atom is 0.222 e. The fourth-order valence-electron chi connectivity index (χ4n) is 1.87. The van der Waals surface area contributed by atoms with Gasteiger partial charge in [0, 0.05) is 17.8 Å².